The van der Waals surface area contributed by atoms with E-state index in [1.807, 2.05) is 0 Å². The van der Waals surface area contributed by atoms with Gasteiger partial charge in [-0.05, 0) is 11.6 Å². The molecule has 0 radical (unpaired) electrons. The van der Waals surface area contributed by atoms with Gasteiger partial charge in [-0.2, -0.15) is 0 Å². The molecule has 14 heavy (non-hydrogen) atoms. The van der Waals surface area contributed by atoms with Crippen molar-refractivity contribution in [3.05, 3.63) is 34.9 Å². The fraction of sp³-hybridized carbons (Fsp3) is 0.222. The van der Waals surface area contributed by atoms with E-state index in [2.05, 4.69) is 0 Å². The van der Waals surface area contributed by atoms with Crippen LogP contribution < -0.4 is 0 Å². The molecule has 5 heteroatoms. The highest BCUT2D eigenvalue weighted by atomic mass is 35.5. The van der Waals surface area contributed by atoms with Crippen LogP contribution in [0.25, 0.3) is 0 Å². The standard InChI is InChI=1S/C9H7ClF2O2/c10-6-4-2-1-3-5(6)7(8(11)12)9(13)14/h1-4,7-8H,(H,13,14). The molecule has 76 valence electrons. The summed E-state index contributed by atoms with van der Waals surface area (Å²) in [6, 6.07) is 5.69. The Morgan fingerprint density at radius 3 is 2.36 bits per heavy atom. The summed E-state index contributed by atoms with van der Waals surface area (Å²) in [5.74, 6) is -3.43. The van der Waals surface area contributed by atoms with E-state index < -0.39 is 18.3 Å². The Bertz CT molecular complexity index is 341. The van der Waals surface area contributed by atoms with E-state index in [0.29, 0.717) is 0 Å². The molecular weight excluding hydrogens is 214 g/mol. The second-order valence-corrected chi connectivity index (χ2v) is 3.08. The summed E-state index contributed by atoms with van der Waals surface area (Å²) in [7, 11) is 0. The molecule has 0 aliphatic carbocycles. The van der Waals surface area contributed by atoms with Gasteiger partial charge in [0, 0.05) is 5.02 Å². The largest absolute Gasteiger partial charge is 0.481 e. The van der Waals surface area contributed by atoms with Crippen LogP contribution in [0.15, 0.2) is 24.3 Å². The molecule has 0 amide bonds. The summed E-state index contributed by atoms with van der Waals surface area (Å²) in [4.78, 5) is 10.6. The first-order valence-corrected chi connectivity index (χ1v) is 4.17. The third-order valence-electron chi connectivity index (χ3n) is 1.76. The SMILES string of the molecule is O=C(O)C(c1ccccc1Cl)C(F)F. The summed E-state index contributed by atoms with van der Waals surface area (Å²) in [6.45, 7) is 0. The minimum Gasteiger partial charge on any atom is -0.481 e. The van der Waals surface area contributed by atoms with Crippen LogP contribution in [0.1, 0.15) is 11.5 Å². The molecule has 0 heterocycles. The van der Waals surface area contributed by atoms with Crippen LogP contribution >= 0.6 is 11.6 Å². The second kappa shape index (κ2) is 4.37. The Kier molecular flexibility index (Phi) is 3.41. The number of hydrogen-bond donors (Lipinski definition) is 1. The van der Waals surface area contributed by atoms with Crippen LogP contribution in [0, 0.1) is 0 Å². The minimum absolute atomic E-state index is 0.0419. The van der Waals surface area contributed by atoms with E-state index in [1.54, 1.807) is 6.07 Å². The molecule has 0 aromatic heterocycles. The molecule has 0 aliphatic rings. The Labute approximate surface area is 84.1 Å². The molecule has 0 fully saturated rings. The van der Waals surface area contributed by atoms with Gasteiger partial charge >= 0.3 is 5.97 Å². The van der Waals surface area contributed by atoms with Crippen LogP contribution in [0.4, 0.5) is 8.78 Å². The van der Waals surface area contributed by atoms with Gasteiger partial charge in [-0.3, -0.25) is 4.79 Å². The maximum atomic E-state index is 12.4. The van der Waals surface area contributed by atoms with E-state index in [-0.39, 0.29) is 10.6 Å². The number of carbonyl (C=O) groups is 1. The lowest BCUT2D eigenvalue weighted by molar-refractivity contribution is -0.142. The molecule has 0 saturated carbocycles. The smallest absolute Gasteiger partial charge is 0.316 e. The molecule has 1 N–H and O–H groups in total. The van der Waals surface area contributed by atoms with Gasteiger partial charge in [-0.25, -0.2) is 8.78 Å². The predicted octanol–water partition coefficient (Wildman–Crippen LogP) is 2.77. The minimum atomic E-state index is -2.97. The zero-order chi connectivity index (χ0) is 10.7. The van der Waals surface area contributed by atoms with Crippen molar-refractivity contribution in [1.29, 1.82) is 0 Å². The number of benzene rings is 1. The molecule has 0 saturated heterocycles. The lowest BCUT2D eigenvalue weighted by Crippen LogP contribution is -2.19. The van der Waals surface area contributed by atoms with Crippen LogP contribution in [0.5, 0.6) is 0 Å². The third-order valence-corrected chi connectivity index (χ3v) is 2.10. The molecule has 1 atom stereocenters. The summed E-state index contributed by atoms with van der Waals surface area (Å²) >= 11 is 5.61. The van der Waals surface area contributed by atoms with Crippen molar-refractivity contribution in [2.24, 2.45) is 0 Å². The molecule has 0 bridgehead atoms. The fourth-order valence-corrected chi connectivity index (χ4v) is 1.36. The van der Waals surface area contributed by atoms with Crippen LogP contribution in [-0.4, -0.2) is 17.5 Å². The normalized spacial score (nSPS) is 12.9. The topological polar surface area (TPSA) is 37.3 Å². The number of alkyl halides is 2. The number of rotatable bonds is 3. The Balaban J connectivity index is 3.12. The van der Waals surface area contributed by atoms with Gasteiger partial charge in [0.15, 0.2) is 0 Å². The molecule has 1 aromatic rings. The van der Waals surface area contributed by atoms with Crippen molar-refractivity contribution in [1.82, 2.24) is 0 Å². The first kappa shape index (κ1) is 10.9. The lowest BCUT2D eigenvalue weighted by atomic mass is 10.00. The number of carboxylic acids is 1. The molecule has 0 aliphatic heterocycles. The van der Waals surface area contributed by atoms with Crippen LogP contribution in [-0.2, 0) is 4.79 Å². The number of aliphatic carboxylic acids is 1. The van der Waals surface area contributed by atoms with Crippen molar-refractivity contribution in [2.45, 2.75) is 12.3 Å². The van der Waals surface area contributed by atoms with Crippen molar-refractivity contribution >= 4 is 17.6 Å². The summed E-state index contributed by atoms with van der Waals surface area (Å²) in [6.07, 6.45) is -2.97. The van der Waals surface area contributed by atoms with E-state index >= 15 is 0 Å². The first-order chi connectivity index (χ1) is 6.54. The van der Waals surface area contributed by atoms with Gasteiger partial charge in [0.25, 0.3) is 6.43 Å². The van der Waals surface area contributed by atoms with Crippen molar-refractivity contribution < 1.29 is 18.7 Å². The third kappa shape index (κ3) is 2.20. The Hall–Kier alpha value is -1.16. The van der Waals surface area contributed by atoms with E-state index in [4.69, 9.17) is 16.7 Å². The van der Waals surface area contributed by atoms with Gasteiger partial charge in [0.05, 0.1) is 0 Å². The zero-order valence-electron chi connectivity index (χ0n) is 6.95. The average molecular weight is 221 g/mol. The molecular formula is C9H7ClF2O2. The van der Waals surface area contributed by atoms with E-state index in [1.165, 1.54) is 18.2 Å². The lowest BCUT2D eigenvalue weighted by Gasteiger charge is -2.12. The second-order valence-electron chi connectivity index (χ2n) is 2.67. The summed E-state index contributed by atoms with van der Waals surface area (Å²) in [5, 5.41) is 8.62. The molecule has 2 nitrogen and oxygen atoms in total. The number of hydrogen-bond acceptors (Lipinski definition) is 1. The van der Waals surface area contributed by atoms with Gasteiger partial charge in [-0.15, -0.1) is 0 Å². The van der Waals surface area contributed by atoms with Gasteiger partial charge in [0.2, 0.25) is 0 Å². The Morgan fingerprint density at radius 1 is 1.36 bits per heavy atom. The van der Waals surface area contributed by atoms with Crippen molar-refractivity contribution in [3.8, 4) is 0 Å². The quantitative estimate of drug-likeness (QED) is 0.851. The summed E-state index contributed by atoms with van der Waals surface area (Å²) < 4.78 is 24.8. The Morgan fingerprint density at radius 2 is 1.93 bits per heavy atom. The van der Waals surface area contributed by atoms with Crippen molar-refractivity contribution in [2.75, 3.05) is 0 Å². The highest BCUT2D eigenvalue weighted by Gasteiger charge is 2.31. The monoisotopic (exact) mass is 220 g/mol. The van der Waals surface area contributed by atoms with E-state index in [0.717, 1.165) is 0 Å². The zero-order valence-corrected chi connectivity index (χ0v) is 7.71. The van der Waals surface area contributed by atoms with Gasteiger partial charge in [0.1, 0.15) is 5.92 Å². The van der Waals surface area contributed by atoms with Gasteiger partial charge < -0.3 is 5.11 Å². The average Bonchev–Trinajstić information content (AvgIpc) is 2.07. The van der Waals surface area contributed by atoms with Gasteiger partial charge in [-0.1, -0.05) is 29.8 Å². The highest BCUT2D eigenvalue weighted by molar-refractivity contribution is 6.31. The first-order valence-electron chi connectivity index (χ1n) is 3.79. The van der Waals surface area contributed by atoms with Crippen LogP contribution in [0.2, 0.25) is 5.02 Å². The molecule has 1 aromatic carbocycles. The number of halogens is 3. The van der Waals surface area contributed by atoms with E-state index in [9.17, 15) is 13.6 Å². The molecule has 0 spiro atoms. The summed E-state index contributed by atoms with van der Waals surface area (Å²) in [5.41, 5.74) is -0.0586. The highest BCUT2D eigenvalue weighted by Crippen LogP contribution is 2.29. The molecule has 1 rings (SSSR count). The predicted molar refractivity (Wildman–Crippen MR) is 47.8 cm³/mol. The maximum Gasteiger partial charge on any atom is 0.316 e. The number of carboxylic acid groups (broad SMARTS) is 1. The van der Waals surface area contributed by atoms with Crippen LogP contribution in [0.3, 0.4) is 0 Å². The molecule has 1 unspecified atom stereocenters. The fourth-order valence-electron chi connectivity index (χ4n) is 1.10. The van der Waals surface area contributed by atoms with Crippen molar-refractivity contribution in [3.63, 3.8) is 0 Å². The maximum absolute atomic E-state index is 12.4.